The Labute approximate surface area is 116 Å². The van der Waals surface area contributed by atoms with E-state index in [-0.39, 0.29) is 0 Å². The Hall–Kier alpha value is -1.02. The highest BCUT2D eigenvalue weighted by Crippen LogP contribution is 2.28. The molecule has 1 aromatic rings. The van der Waals surface area contributed by atoms with Gasteiger partial charge in [0.15, 0.2) is 0 Å². The third kappa shape index (κ3) is 3.50. The van der Waals surface area contributed by atoms with Crippen LogP contribution in [0.1, 0.15) is 56.4 Å². The molecule has 0 aromatic heterocycles. The fourth-order valence-electron chi connectivity index (χ4n) is 3.35. The minimum atomic E-state index is 0.457. The highest BCUT2D eigenvalue weighted by atomic mass is 16.5. The van der Waals surface area contributed by atoms with Crippen molar-refractivity contribution in [2.24, 2.45) is 0 Å². The van der Waals surface area contributed by atoms with Crippen molar-refractivity contribution >= 4 is 0 Å². The van der Waals surface area contributed by atoms with Gasteiger partial charge in [-0.2, -0.15) is 0 Å². The zero-order chi connectivity index (χ0) is 12.9. The van der Waals surface area contributed by atoms with Crippen molar-refractivity contribution in [3.05, 3.63) is 29.8 Å². The van der Waals surface area contributed by atoms with Crippen LogP contribution >= 0.6 is 0 Å². The Morgan fingerprint density at radius 3 is 2.21 bits per heavy atom. The zero-order valence-corrected chi connectivity index (χ0v) is 11.7. The van der Waals surface area contributed by atoms with E-state index in [1.54, 1.807) is 0 Å². The van der Waals surface area contributed by atoms with Crippen molar-refractivity contribution in [3.8, 4) is 5.75 Å². The molecule has 19 heavy (non-hydrogen) atoms. The van der Waals surface area contributed by atoms with Crippen molar-refractivity contribution in [1.29, 1.82) is 0 Å². The van der Waals surface area contributed by atoms with E-state index in [0.29, 0.717) is 6.10 Å². The van der Waals surface area contributed by atoms with Crippen LogP contribution in [0.3, 0.4) is 0 Å². The summed E-state index contributed by atoms with van der Waals surface area (Å²) in [6, 6.07) is 8.89. The average Bonchev–Trinajstić information content (AvgIpc) is 2.50. The molecule has 1 saturated carbocycles. The van der Waals surface area contributed by atoms with E-state index in [2.05, 4.69) is 29.6 Å². The molecule has 2 heteroatoms. The van der Waals surface area contributed by atoms with Gasteiger partial charge in [0.1, 0.15) is 5.75 Å². The first-order valence-electron chi connectivity index (χ1n) is 7.89. The SMILES string of the molecule is c1cc(C2CCNCC2)ccc1OC1CCCCC1. The summed E-state index contributed by atoms with van der Waals surface area (Å²) in [4.78, 5) is 0. The predicted molar refractivity (Wildman–Crippen MR) is 78.8 cm³/mol. The second-order valence-electron chi connectivity index (χ2n) is 5.97. The normalized spacial score (nSPS) is 22.3. The highest BCUT2D eigenvalue weighted by Gasteiger charge is 2.17. The lowest BCUT2D eigenvalue weighted by atomic mass is 9.90. The lowest BCUT2D eigenvalue weighted by Gasteiger charge is -2.25. The van der Waals surface area contributed by atoms with E-state index >= 15 is 0 Å². The summed E-state index contributed by atoms with van der Waals surface area (Å²) in [5.41, 5.74) is 1.48. The molecule has 0 amide bonds. The molecule has 1 aliphatic carbocycles. The summed E-state index contributed by atoms with van der Waals surface area (Å²) >= 11 is 0. The number of benzene rings is 1. The highest BCUT2D eigenvalue weighted by molar-refractivity contribution is 5.30. The monoisotopic (exact) mass is 259 g/mol. The minimum absolute atomic E-state index is 0.457. The van der Waals surface area contributed by atoms with Crippen LogP contribution in [0.4, 0.5) is 0 Å². The fourth-order valence-corrected chi connectivity index (χ4v) is 3.35. The molecule has 0 spiro atoms. The van der Waals surface area contributed by atoms with Crippen molar-refractivity contribution < 1.29 is 4.74 Å². The maximum Gasteiger partial charge on any atom is 0.119 e. The molecule has 1 heterocycles. The Bertz CT molecular complexity index is 375. The molecular formula is C17H25NO. The molecule has 3 rings (SSSR count). The van der Waals surface area contributed by atoms with Gasteiger partial charge in [-0.3, -0.25) is 0 Å². The van der Waals surface area contributed by atoms with E-state index in [9.17, 15) is 0 Å². The van der Waals surface area contributed by atoms with E-state index in [4.69, 9.17) is 4.74 Å². The molecule has 1 aromatic carbocycles. The lowest BCUT2D eigenvalue weighted by molar-refractivity contribution is 0.155. The van der Waals surface area contributed by atoms with Crippen molar-refractivity contribution in [1.82, 2.24) is 5.32 Å². The number of hydrogen-bond donors (Lipinski definition) is 1. The van der Waals surface area contributed by atoms with Gasteiger partial charge in [-0.25, -0.2) is 0 Å². The molecule has 1 saturated heterocycles. The van der Waals surface area contributed by atoms with Gasteiger partial charge in [-0.15, -0.1) is 0 Å². The van der Waals surface area contributed by atoms with Gasteiger partial charge >= 0.3 is 0 Å². The maximum atomic E-state index is 6.09. The molecule has 2 aliphatic rings. The van der Waals surface area contributed by atoms with Crippen molar-refractivity contribution in [3.63, 3.8) is 0 Å². The Morgan fingerprint density at radius 2 is 1.53 bits per heavy atom. The standard InChI is InChI=1S/C17H25NO/c1-2-4-16(5-3-1)19-17-8-6-14(7-9-17)15-10-12-18-13-11-15/h6-9,15-16,18H,1-5,10-13H2. The Morgan fingerprint density at radius 1 is 0.842 bits per heavy atom. The molecule has 0 atom stereocenters. The number of rotatable bonds is 3. The summed E-state index contributed by atoms with van der Waals surface area (Å²) in [7, 11) is 0. The molecule has 0 unspecified atom stereocenters. The first kappa shape index (κ1) is 13.0. The smallest absolute Gasteiger partial charge is 0.119 e. The first-order valence-corrected chi connectivity index (χ1v) is 7.89. The summed E-state index contributed by atoms with van der Waals surface area (Å²) in [5.74, 6) is 1.80. The number of nitrogens with one attached hydrogen (secondary N) is 1. The van der Waals surface area contributed by atoms with Crippen molar-refractivity contribution in [2.45, 2.75) is 57.0 Å². The van der Waals surface area contributed by atoms with Gasteiger partial charge in [0.2, 0.25) is 0 Å². The van der Waals surface area contributed by atoms with Crippen LogP contribution in [0.15, 0.2) is 24.3 Å². The van der Waals surface area contributed by atoms with Gasteiger partial charge < -0.3 is 10.1 Å². The summed E-state index contributed by atoms with van der Waals surface area (Å²) in [6.07, 6.45) is 9.50. The molecule has 1 N–H and O–H groups in total. The lowest BCUT2D eigenvalue weighted by Crippen LogP contribution is -2.26. The van der Waals surface area contributed by atoms with Crippen LogP contribution in [0.5, 0.6) is 5.75 Å². The van der Waals surface area contributed by atoms with Crippen LogP contribution < -0.4 is 10.1 Å². The summed E-state index contributed by atoms with van der Waals surface area (Å²) < 4.78 is 6.09. The largest absolute Gasteiger partial charge is 0.490 e. The molecular weight excluding hydrogens is 234 g/mol. The second-order valence-corrected chi connectivity index (χ2v) is 5.97. The quantitative estimate of drug-likeness (QED) is 0.890. The molecule has 2 fully saturated rings. The number of hydrogen-bond acceptors (Lipinski definition) is 2. The summed E-state index contributed by atoms with van der Waals surface area (Å²) in [6.45, 7) is 2.32. The van der Waals surface area contributed by atoms with Gasteiger partial charge in [0.25, 0.3) is 0 Å². The third-order valence-corrected chi connectivity index (χ3v) is 4.55. The van der Waals surface area contributed by atoms with Crippen LogP contribution in [-0.2, 0) is 0 Å². The minimum Gasteiger partial charge on any atom is -0.490 e. The molecule has 0 radical (unpaired) electrons. The second kappa shape index (κ2) is 6.42. The van der Waals surface area contributed by atoms with E-state index in [1.807, 2.05) is 0 Å². The van der Waals surface area contributed by atoms with Gasteiger partial charge in [-0.05, 0) is 75.2 Å². The Balaban J connectivity index is 1.58. The van der Waals surface area contributed by atoms with Crippen LogP contribution in [0, 0.1) is 0 Å². The number of piperidine rings is 1. The fraction of sp³-hybridized carbons (Fsp3) is 0.647. The van der Waals surface area contributed by atoms with E-state index in [0.717, 1.165) is 24.8 Å². The average molecular weight is 259 g/mol. The van der Waals surface area contributed by atoms with E-state index < -0.39 is 0 Å². The molecule has 104 valence electrons. The zero-order valence-electron chi connectivity index (χ0n) is 11.7. The topological polar surface area (TPSA) is 21.3 Å². The van der Waals surface area contributed by atoms with Crippen molar-refractivity contribution in [2.75, 3.05) is 13.1 Å². The van der Waals surface area contributed by atoms with Gasteiger partial charge in [0.05, 0.1) is 6.10 Å². The molecule has 0 bridgehead atoms. The van der Waals surface area contributed by atoms with Gasteiger partial charge in [-0.1, -0.05) is 18.6 Å². The van der Waals surface area contributed by atoms with Gasteiger partial charge in [0, 0.05) is 0 Å². The maximum absolute atomic E-state index is 6.09. The first-order chi connectivity index (χ1) is 9.42. The molecule has 1 aliphatic heterocycles. The summed E-state index contributed by atoms with van der Waals surface area (Å²) in [5, 5.41) is 3.43. The predicted octanol–water partition coefficient (Wildman–Crippen LogP) is 3.87. The molecule has 2 nitrogen and oxygen atoms in total. The van der Waals surface area contributed by atoms with E-state index in [1.165, 1.54) is 50.5 Å². The third-order valence-electron chi connectivity index (χ3n) is 4.55. The van der Waals surface area contributed by atoms with Crippen LogP contribution in [-0.4, -0.2) is 19.2 Å². The Kier molecular flexibility index (Phi) is 4.39. The van der Waals surface area contributed by atoms with Crippen LogP contribution in [0.2, 0.25) is 0 Å². The number of ether oxygens (including phenoxy) is 1. The van der Waals surface area contributed by atoms with Crippen LogP contribution in [0.25, 0.3) is 0 Å².